The van der Waals surface area contributed by atoms with Gasteiger partial charge in [0.2, 0.25) is 6.36 Å². The highest BCUT2D eigenvalue weighted by atomic mass is 19.1. The molecule has 0 aromatic heterocycles. The largest absolute Gasteiger partial charge is 0.497 e. The first-order chi connectivity index (χ1) is 15.0. The highest BCUT2D eigenvalue weighted by Crippen LogP contribution is 2.30. The molecule has 3 rings (SSSR count). The van der Waals surface area contributed by atoms with Crippen molar-refractivity contribution in [1.82, 2.24) is 0 Å². The van der Waals surface area contributed by atoms with Crippen molar-refractivity contribution in [2.75, 3.05) is 21.3 Å². The minimum Gasteiger partial charge on any atom is -0.497 e. The molecular formula is C23H27FO7. The Labute approximate surface area is 181 Å². The maximum atomic E-state index is 14.8. The van der Waals surface area contributed by atoms with Crippen molar-refractivity contribution in [2.24, 2.45) is 0 Å². The van der Waals surface area contributed by atoms with Crippen LogP contribution in [0.4, 0.5) is 4.39 Å². The van der Waals surface area contributed by atoms with Crippen LogP contribution in [-0.4, -0.2) is 58.1 Å². The van der Waals surface area contributed by atoms with E-state index in [0.29, 0.717) is 17.1 Å². The van der Waals surface area contributed by atoms with Gasteiger partial charge in [0.25, 0.3) is 0 Å². The topological polar surface area (TPSA) is 72.5 Å². The lowest BCUT2D eigenvalue weighted by atomic mass is 9.99. The maximum Gasteiger partial charge on any atom is 0.338 e. The van der Waals surface area contributed by atoms with Gasteiger partial charge in [0.15, 0.2) is 12.2 Å². The van der Waals surface area contributed by atoms with E-state index in [1.807, 2.05) is 12.1 Å². The molecule has 1 aliphatic heterocycles. The summed E-state index contributed by atoms with van der Waals surface area (Å²) in [5.41, 5.74) is 1.11. The van der Waals surface area contributed by atoms with E-state index in [1.54, 1.807) is 50.4 Å². The average Bonchev–Trinajstić information content (AvgIpc) is 2.79. The summed E-state index contributed by atoms with van der Waals surface area (Å²) in [6.45, 7) is 1.76. The fourth-order valence-corrected chi connectivity index (χ4v) is 3.43. The van der Waals surface area contributed by atoms with Gasteiger partial charge in [-0.25, -0.2) is 9.18 Å². The second-order valence-electron chi connectivity index (χ2n) is 7.11. The van der Waals surface area contributed by atoms with Crippen molar-refractivity contribution in [3.63, 3.8) is 0 Å². The Hall–Kier alpha value is -2.68. The molecule has 1 fully saturated rings. The molecule has 1 heterocycles. The molecule has 0 N–H and O–H groups in total. The van der Waals surface area contributed by atoms with Gasteiger partial charge < -0.3 is 28.4 Å². The molecule has 8 heteroatoms. The van der Waals surface area contributed by atoms with Gasteiger partial charge in [-0.2, -0.15) is 0 Å². The third kappa shape index (κ3) is 5.52. The fourth-order valence-electron chi connectivity index (χ4n) is 3.43. The molecule has 7 nitrogen and oxygen atoms in total. The molecule has 1 saturated heterocycles. The first kappa shape index (κ1) is 23.0. The van der Waals surface area contributed by atoms with E-state index in [1.165, 1.54) is 14.2 Å². The lowest BCUT2D eigenvalue weighted by molar-refractivity contribution is -0.270. The summed E-state index contributed by atoms with van der Waals surface area (Å²) in [6.07, 6.45) is -5.28. The van der Waals surface area contributed by atoms with Gasteiger partial charge in [-0.15, -0.1) is 0 Å². The standard InChI is InChI=1S/C23H27FO7/c1-14-19(28-4)20(31-23(25)16-7-11-18(27-3)12-8-16)21(22(24)30-14)29-13-15-5-9-17(26-2)10-6-15/h5-12,14,19-22H,13H2,1-4H3/t14?,19-,20?,21?,22-/m1/s1. The lowest BCUT2D eigenvalue weighted by Gasteiger charge is -2.41. The summed E-state index contributed by atoms with van der Waals surface area (Å²) in [7, 11) is 4.57. The number of halogens is 1. The van der Waals surface area contributed by atoms with E-state index in [4.69, 9.17) is 28.4 Å². The van der Waals surface area contributed by atoms with Crippen molar-refractivity contribution >= 4 is 5.97 Å². The van der Waals surface area contributed by atoms with Gasteiger partial charge in [-0.3, -0.25) is 0 Å². The summed E-state index contributed by atoms with van der Waals surface area (Å²) in [5, 5.41) is 0. The number of hydrogen-bond acceptors (Lipinski definition) is 7. The predicted molar refractivity (Wildman–Crippen MR) is 110 cm³/mol. The Balaban J connectivity index is 1.75. The van der Waals surface area contributed by atoms with Crippen LogP contribution >= 0.6 is 0 Å². The van der Waals surface area contributed by atoms with Crippen LogP contribution in [0.2, 0.25) is 0 Å². The van der Waals surface area contributed by atoms with Crippen LogP contribution in [0.15, 0.2) is 48.5 Å². The molecule has 0 bridgehead atoms. The minimum absolute atomic E-state index is 0.0971. The summed E-state index contributed by atoms with van der Waals surface area (Å²) >= 11 is 0. The second kappa shape index (κ2) is 10.6. The van der Waals surface area contributed by atoms with E-state index in [-0.39, 0.29) is 6.61 Å². The van der Waals surface area contributed by atoms with Crippen molar-refractivity contribution in [2.45, 2.75) is 44.3 Å². The summed E-state index contributed by atoms with van der Waals surface area (Å²) in [4.78, 5) is 12.7. The van der Waals surface area contributed by atoms with Gasteiger partial charge in [0.05, 0.1) is 32.5 Å². The third-order valence-electron chi connectivity index (χ3n) is 5.16. The third-order valence-corrected chi connectivity index (χ3v) is 5.16. The number of benzene rings is 2. The van der Waals surface area contributed by atoms with Crippen LogP contribution in [0.25, 0.3) is 0 Å². The molecule has 0 amide bonds. The van der Waals surface area contributed by atoms with Gasteiger partial charge in [-0.05, 0) is 48.9 Å². The molecule has 5 atom stereocenters. The summed E-state index contributed by atoms with van der Waals surface area (Å²) in [5.74, 6) is 0.692. The zero-order valence-corrected chi connectivity index (χ0v) is 17.9. The molecule has 31 heavy (non-hydrogen) atoms. The van der Waals surface area contributed by atoms with Gasteiger partial charge in [-0.1, -0.05) is 12.1 Å². The van der Waals surface area contributed by atoms with E-state index in [2.05, 4.69) is 0 Å². The molecule has 0 saturated carbocycles. The normalized spacial score (nSPS) is 25.6. The van der Waals surface area contributed by atoms with Crippen molar-refractivity contribution in [1.29, 1.82) is 0 Å². The van der Waals surface area contributed by atoms with Crippen LogP contribution in [0.5, 0.6) is 11.5 Å². The number of hydrogen-bond donors (Lipinski definition) is 0. The zero-order chi connectivity index (χ0) is 22.4. The Bertz CT molecular complexity index is 840. The van der Waals surface area contributed by atoms with Crippen molar-refractivity contribution < 1.29 is 37.6 Å². The molecule has 2 aromatic rings. The Morgan fingerprint density at radius 2 is 1.48 bits per heavy atom. The van der Waals surface area contributed by atoms with E-state index >= 15 is 0 Å². The van der Waals surface area contributed by atoms with Crippen LogP contribution in [0.3, 0.4) is 0 Å². The Morgan fingerprint density at radius 1 is 0.903 bits per heavy atom. The smallest absolute Gasteiger partial charge is 0.338 e. The monoisotopic (exact) mass is 434 g/mol. The number of carbonyl (C=O) groups is 1. The average molecular weight is 434 g/mol. The molecule has 0 spiro atoms. The summed E-state index contributed by atoms with van der Waals surface area (Å²) < 4.78 is 47.3. The van der Waals surface area contributed by atoms with Gasteiger partial charge in [0, 0.05) is 7.11 Å². The SMILES string of the molecule is COc1ccc(COC2C(OC(=O)c3ccc(OC)cc3)[C@H](OC)C(C)O[C@H]2F)cc1. The zero-order valence-electron chi connectivity index (χ0n) is 17.9. The lowest BCUT2D eigenvalue weighted by Crippen LogP contribution is -2.58. The van der Waals surface area contributed by atoms with E-state index in [0.717, 1.165) is 5.56 Å². The van der Waals surface area contributed by atoms with Crippen LogP contribution < -0.4 is 9.47 Å². The van der Waals surface area contributed by atoms with Gasteiger partial charge >= 0.3 is 5.97 Å². The number of alkyl halides is 1. The molecule has 168 valence electrons. The quantitative estimate of drug-likeness (QED) is 0.589. The first-order valence-electron chi connectivity index (χ1n) is 9.88. The first-order valence-corrected chi connectivity index (χ1v) is 9.88. The maximum absolute atomic E-state index is 14.8. The molecule has 0 radical (unpaired) electrons. The van der Waals surface area contributed by atoms with Gasteiger partial charge in [0.1, 0.15) is 17.6 Å². The van der Waals surface area contributed by atoms with E-state index in [9.17, 15) is 9.18 Å². The highest BCUT2D eigenvalue weighted by Gasteiger charge is 2.48. The molecule has 0 aliphatic carbocycles. The highest BCUT2D eigenvalue weighted by molar-refractivity contribution is 5.89. The number of carbonyl (C=O) groups excluding carboxylic acids is 1. The van der Waals surface area contributed by atoms with Crippen molar-refractivity contribution in [3.05, 3.63) is 59.7 Å². The predicted octanol–water partition coefficient (Wildman–Crippen LogP) is 3.54. The Kier molecular flexibility index (Phi) is 7.84. The molecule has 3 unspecified atom stereocenters. The van der Waals surface area contributed by atoms with Crippen LogP contribution in [0.1, 0.15) is 22.8 Å². The van der Waals surface area contributed by atoms with Crippen LogP contribution in [-0.2, 0) is 25.6 Å². The number of ether oxygens (including phenoxy) is 6. The molecule has 2 aromatic carbocycles. The minimum atomic E-state index is -1.78. The summed E-state index contributed by atoms with van der Waals surface area (Å²) in [6, 6.07) is 13.6. The van der Waals surface area contributed by atoms with Crippen molar-refractivity contribution in [3.8, 4) is 11.5 Å². The number of rotatable bonds is 8. The number of methoxy groups -OCH3 is 3. The van der Waals surface area contributed by atoms with Crippen LogP contribution in [0, 0.1) is 0 Å². The molecular weight excluding hydrogens is 407 g/mol. The van der Waals surface area contributed by atoms with E-state index < -0.39 is 36.7 Å². The second-order valence-corrected chi connectivity index (χ2v) is 7.11. The Morgan fingerprint density at radius 3 is 2.03 bits per heavy atom. The molecule has 1 aliphatic rings. The fraction of sp³-hybridized carbons (Fsp3) is 0.435. The number of esters is 1.